The number of hydrogen-bond donors (Lipinski definition) is 1. The number of rotatable bonds is 1. The van der Waals surface area contributed by atoms with Gasteiger partial charge in [-0.15, -0.1) is 0 Å². The summed E-state index contributed by atoms with van der Waals surface area (Å²) in [7, 11) is 0. The lowest BCUT2D eigenvalue weighted by molar-refractivity contribution is 0.627. The standard InChI is InChI=1S/C13H7Cl2FN2S/c14-7-1-4-12-11(5-7)17-13(19)18(12)8-2-3-9(15)10(16)6-8/h1-6H,(H,17,19). The van der Waals surface area contributed by atoms with E-state index < -0.39 is 5.82 Å². The maximum atomic E-state index is 13.6. The van der Waals surface area contributed by atoms with Gasteiger partial charge in [0.2, 0.25) is 0 Å². The topological polar surface area (TPSA) is 20.7 Å². The van der Waals surface area contributed by atoms with Gasteiger partial charge >= 0.3 is 0 Å². The third kappa shape index (κ3) is 2.16. The number of nitrogens with one attached hydrogen (secondary N) is 1. The maximum Gasteiger partial charge on any atom is 0.182 e. The summed E-state index contributed by atoms with van der Waals surface area (Å²) in [5.74, 6) is -0.482. The molecule has 1 heterocycles. The fraction of sp³-hybridized carbons (Fsp3) is 0. The van der Waals surface area contributed by atoms with Gasteiger partial charge in [-0.25, -0.2) is 4.39 Å². The normalized spacial score (nSPS) is 11.1. The van der Waals surface area contributed by atoms with Gasteiger partial charge in [0, 0.05) is 5.02 Å². The molecule has 0 atom stereocenters. The molecule has 0 aliphatic heterocycles. The van der Waals surface area contributed by atoms with Crippen molar-refractivity contribution in [3.63, 3.8) is 0 Å². The Kier molecular flexibility index (Phi) is 3.09. The largest absolute Gasteiger partial charge is 0.330 e. The molecule has 6 heteroatoms. The van der Waals surface area contributed by atoms with E-state index in [1.807, 2.05) is 6.07 Å². The lowest BCUT2D eigenvalue weighted by atomic mass is 10.2. The molecule has 3 rings (SSSR count). The van der Waals surface area contributed by atoms with Crippen LogP contribution in [0.5, 0.6) is 0 Å². The molecule has 1 N–H and O–H groups in total. The zero-order chi connectivity index (χ0) is 13.6. The van der Waals surface area contributed by atoms with Crippen LogP contribution in [0, 0.1) is 10.6 Å². The van der Waals surface area contributed by atoms with E-state index in [-0.39, 0.29) is 5.02 Å². The first-order valence-electron chi connectivity index (χ1n) is 5.42. The Morgan fingerprint density at radius 1 is 1.11 bits per heavy atom. The Morgan fingerprint density at radius 3 is 2.63 bits per heavy atom. The van der Waals surface area contributed by atoms with Crippen molar-refractivity contribution in [3.8, 4) is 5.69 Å². The van der Waals surface area contributed by atoms with E-state index in [1.54, 1.807) is 22.8 Å². The second-order valence-corrected chi connectivity index (χ2v) is 5.26. The second-order valence-electron chi connectivity index (χ2n) is 4.03. The number of H-pyrrole nitrogens is 1. The van der Waals surface area contributed by atoms with E-state index in [4.69, 9.17) is 35.4 Å². The van der Waals surface area contributed by atoms with Crippen LogP contribution in [0.4, 0.5) is 4.39 Å². The minimum absolute atomic E-state index is 0.0816. The molecule has 0 saturated carbocycles. The number of benzene rings is 2. The first-order valence-corrected chi connectivity index (χ1v) is 6.58. The average Bonchev–Trinajstić information content (AvgIpc) is 2.68. The van der Waals surface area contributed by atoms with Crippen molar-refractivity contribution >= 4 is 46.5 Å². The number of halogens is 3. The Balaban J connectivity index is 2.32. The van der Waals surface area contributed by atoms with Crippen molar-refractivity contribution < 1.29 is 4.39 Å². The van der Waals surface area contributed by atoms with Crippen LogP contribution >= 0.6 is 35.4 Å². The second kappa shape index (κ2) is 4.63. The number of aromatic amines is 1. The summed E-state index contributed by atoms with van der Waals surface area (Å²) in [5.41, 5.74) is 2.24. The molecule has 0 amide bonds. The van der Waals surface area contributed by atoms with Crippen LogP contribution in [-0.4, -0.2) is 9.55 Å². The molecular weight excluding hydrogens is 306 g/mol. The van der Waals surface area contributed by atoms with Gasteiger partial charge in [-0.1, -0.05) is 23.2 Å². The molecule has 0 aliphatic carbocycles. The molecule has 0 fully saturated rings. The predicted molar refractivity (Wildman–Crippen MR) is 78.4 cm³/mol. The van der Waals surface area contributed by atoms with Crippen molar-refractivity contribution in [2.24, 2.45) is 0 Å². The first kappa shape index (κ1) is 12.7. The lowest BCUT2D eigenvalue weighted by Gasteiger charge is -2.05. The van der Waals surface area contributed by atoms with Crippen LogP contribution in [0.1, 0.15) is 0 Å². The Hall–Kier alpha value is -1.36. The molecule has 19 heavy (non-hydrogen) atoms. The van der Waals surface area contributed by atoms with Gasteiger partial charge in [-0.3, -0.25) is 4.57 Å². The fourth-order valence-electron chi connectivity index (χ4n) is 1.96. The van der Waals surface area contributed by atoms with E-state index in [0.717, 1.165) is 11.0 Å². The predicted octanol–water partition coefficient (Wildman–Crippen LogP) is 5.13. The molecule has 96 valence electrons. The van der Waals surface area contributed by atoms with Gasteiger partial charge in [0.1, 0.15) is 5.82 Å². The highest BCUT2D eigenvalue weighted by Gasteiger charge is 2.09. The molecule has 0 bridgehead atoms. The molecule has 0 saturated heterocycles. The van der Waals surface area contributed by atoms with Gasteiger partial charge in [0.15, 0.2) is 4.77 Å². The Labute approximate surface area is 123 Å². The minimum atomic E-state index is -0.482. The van der Waals surface area contributed by atoms with Crippen molar-refractivity contribution in [3.05, 3.63) is 57.0 Å². The van der Waals surface area contributed by atoms with Crippen LogP contribution in [0.3, 0.4) is 0 Å². The van der Waals surface area contributed by atoms with E-state index in [9.17, 15) is 4.39 Å². The van der Waals surface area contributed by atoms with Crippen LogP contribution in [0.15, 0.2) is 36.4 Å². The fourth-order valence-corrected chi connectivity index (χ4v) is 2.57. The molecule has 3 aromatic rings. The minimum Gasteiger partial charge on any atom is -0.330 e. The summed E-state index contributed by atoms with van der Waals surface area (Å²) >= 11 is 16.9. The summed E-state index contributed by atoms with van der Waals surface area (Å²) in [6, 6.07) is 9.92. The van der Waals surface area contributed by atoms with Crippen molar-refractivity contribution in [1.82, 2.24) is 9.55 Å². The lowest BCUT2D eigenvalue weighted by Crippen LogP contribution is -1.94. The van der Waals surface area contributed by atoms with E-state index >= 15 is 0 Å². The molecule has 2 aromatic carbocycles. The monoisotopic (exact) mass is 312 g/mol. The number of hydrogen-bond acceptors (Lipinski definition) is 1. The number of imidazole rings is 1. The van der Waals surface area contributed by atoms with Gasteiger partial charge < -0.3 is 4.98 Å². The molecule has 0 radical (unpaired) electrons. The summed E-state index contributed by atoms with van der Waals surface area (Å²) in [6.45, 7) is 0. The van der Waals surface area contributed by atoms with Gasteiger partial charge in [-0.05, 0) is 48.6 Å². The number of aromatic nitrogens is 2. The van der Waals surface area contributed by atoms with Crippen molar-refractivity contribution in [1.29, 1.82) is 0 Å². The van der Waals surface area contributed by atoms with Crippen LogP contribution in [-0.2, 0) is 0 Å². The van der Waals surface area contributed by atoms with E-state index in [0.29, 0.717) is 15.5 Å². The van der Waals surface area contributed by atoms with Crippen LogP contribution in [0.25, 0.3) is 16.7 Å². The molecule has 0 aliphatic rings. The van der Waals surface area contributed by atoms with E-state index in [1.165, 1.54) is 12.1 Å². The third-order valence-corrected chi connectivity index (χ3v) is 3.63. The van der Waals surface area contributed by atoms with E-state index in [2.05, 4.69) is 4.98 Å². The van der Waals surface area contributed by atoms with Gasteiger partial charge in [0.25, 0.3) is 0 Å². The molecule has 2 nitrogen and oxygen atoms in total. The van der Waals surface area contributed by atoms with Crippen molar-refractivity contribution in [2.45, 2.75) is 0 Å². The number of fused-ring (bicyclic) bond motifs is 1. The molecule has 0 spiro atoms. The molecule has 1 aromatic heterocycles. The summed E-state index contributed by atoms with van der Waals surface area (Å²) in [5, 5.41) is 0.691. The smallest absolute Gasteiger partial charge is 0.182 e. The molecular formula is C13H7Cl2FN2S. The highest BCUT2D eigenvalue weighted by Crippen LogP contribution is 2.24. The SMILES string of the molecule is Fc1cc(-n2c(=S)[nH]c3cc(Cl)ccc32)ccc1Cl. The average molecular weight is 313 g/mol. The third-order valence-electron chi connectivity index (χ3n) is 2.81. The highest BCUT2D eigenvalue weighted by molar-refractivity contribution is 7.71. The van der Waals surface area contributed by atoms with Crippen LogP contribution < -0.4 is 0 Å². The zero-order valence-corrected chi connectivity index (χ0v) is 11.8. The molecule has 0 unspecified atom stereocenters. The van der Waals surface area contributed by atoms with Crippen LogP contribution in [0.2, 0.25) is 10.0 Å². The quantitative estimate of drug-likeness (QED) is 0.617. The summed E-state index contributed by atoms with van der Waals surface area (Å²) < 4.78 is 15.8. The van der Waals surface area contributed by atoms with Gasteiger partial charge in [-0.2, -0.15) is 0 Å². The highest BCUT2D eigenvalue weighted by atomic mass is 35.5. The van der Waals surface area contributed by atoms with Gasteiger partial charge in [0.05, 0.1) is 21.7 Å². The zero-order valence-electron chi connectivity index (χ0n) is 9.45. The van der Waals surface area contributed by atoms with Crippen molar-refractivity contribution in [2.75, 3.05) is 0 Å². The maximum absolute atomic E-state index is 13.6. The number of nitrogens with zero attached hydrogens (tertiary/aromatic N) is 1. The Bertz CT molecular complexity index is 838. The summed E-state index contributed by atoms with van der Waals surface area (Å²) in [6.07, 6.45) is 0. The Morgan fingerprint density at radius 2 is 1.89 bits per heavy atom. The summed E-state index contributed by atoms with van der Waals surface area (Å²) in [4.78, 5) is 3.04. The first-order chi connectivity index (χ1) is 9.06.